The number of hydrogen-bond acceptors (Lipinski definition) is 7. The molecule has 5 rings (SSSR count). The molecule has 31 heavy (non-hydrogen) atoms. The highest BCUT2D eigenvalue weighted by Gasteiger charge is 2.46. The Morgan fingerprint density at radius 3 is 2.74 bits per heavy atom. The molecule has 0 saturated heterocycles. The summed E-state index contributed by atoms with van der Waals surface area (Å²) in [5.41, 5.74) is 0.871. The summed E-state index contributed by atoms with van der Waals surface area (Å²) >= 11 is 7.43. The monoisotopic (exact) mass is 453 g/mol. The molecule has 0 N–H and O–H groups in total. The Morgan fingerprint density at radius 1 is 1.19 bits per heavy atom. The second kappa shape index (κ2) is 7.47. The van der Waals surface area contributed by atoms with Crippen molar-refractivity contribution >= 4 is 44.9 Å². The fraction of sp³-hybridized carbons (Fsp3) is 0.182. The smallest absolute Gasteiger partial charge is 0.297 e. The van der Waals surface area contributed by atoms with Gasteiger partial charge in [0.25, 0.3) is 5.91 Å². The van der Waals surface area contributed by atoms with Gasteiger partial charge in [-0.2, -0.15) is 0 Å². The summed E-state index contributed by atoms with van der Waals surface area (Å²) in [4.78, 5) is 28.5. The van der Waals surface area contributed by atoms with E-state index in [0.717, 1.165) is 5.01 Å². The van der Waals surface area contributed by atoms with Crippen molar-refractivity contribution in [3.05, 3.63) is 79.6 Å². The maximum Gasteiger partial charge on any atom is 0.297 e. The summed E-state index contributed by atoms with van der Waals surface area (Å²) in [5.74, 6) is 0.0895. The zero-order chi connectivity index (χ0) is 21.7. The Labute approximate surface area is 185 Å². The topological polar surface area (TPSA) is 85.5 Å². The molecule has 9 heteroatoms. The molecule has 2 aromatic heterocycles. The summed E-state index contributed by atoms with van der Waals surface area (Å²) in [6, 6.07) is 11.3. The molecular formula is C22H16ClN3O4S. The van der Waals surface area contributed by atoms with Gasteiger partial charge in [0.15, 0.2) is 5.43 Å². The van der Waals surface area contributed by atoms with Gasteiger partial charge < -0.3 is 9.15 Å². The van der Waals surface area contributed by atoms with Crippen LogP contribution in [0.2, 0.25) is 5.02 Å². The average molecular weight is 454 g/mol. The first-order valence-corrected chi connectivity index (χ1v) is 10.8. The van der Waals surface area contributed by atoms with E-state index in [1.807, 2.05) is 25.1 Å². The summed E-state index contributed by atoms with van der Waals surface area (Å²) in [6.45, 7) is 1.96. The van der Waals surface area contributed by atoms with Crippen molar-refractivity contribution in [3.63, 3.8) is 0 Å². The van der Waals surface area contributed by atoms with Crippen molar-refractivity contribution in [2.75, 3.05) is 12.0 Å². The molecule has 0 bridgehead atoms. The van der Waals surface area contributed by atoms with Crippen molar-refractivity contribution in [1.29, 1.82) is 0 Å². The molecule has 0 spiro atoms. The molecule has 0 aliphatic carbocycles. The first-order valence-electron chi connectivity index (χ1n) is 9.58. The molecule has 3 heterocycles. The molecule has 0 fully saturated rings. The number of rotatable bonds is 4. The lowest BCUT2D eigenvalue weighted by Crippen LogP contribution is -2.29. The molecule has 0 radical (unpaired) electrons. The lowest BCUT2D eigenvalue weighted by Gasteiger charge is -2.23. The van der Waals surface area contributed by atoms with Crippen LogP contribution in [0.15, 0.2) is 51.7 Å². The third-order valence-electron chi connectivity index (χ3n) is 5.23. The highest BCUT2D eigenvalue weighted by molar-refractivity contribution is 7.15. The van der Waals surface area contributed by atoms with Crippen LogP contribution >= 0.6 is 22.9 Å². The number of anilines is 1. The number of aryl methyl sites for hydroxylation is 1. The number of nitrogens with zero attached hydrogens (tertiary/aromatic N) is 3. The number of carbonyl (C=O) groups excluding carboxylic acids is 1. The van der Waals surface area contributed by atoms with Crippen LogP contribution in [0.25, 0.3) is 11.0 Å². The van der Waals surface area contributed by atoms with Gasteiger partial charge in [0.2, 0.25) is 10.9 Å². The van der Waals surface area contributed by atoms with E-state index in [-0.39, 0.29) is 16.8 Å². The molecule has 1 aliphatic rings. The van der Waals surface area contributed by atoms with E-state index < -0.39 is 11.9 Å². The number of hydrogen-bond donors (Lipinski definition) is 0. The molecule has 4 aromatic rings. The second-order valence-corrected chi connectivity index (χ2v) is 8.44. The van der Waals surface area contributed by atoms with Crippen LogP contribution in [0.1, 0.15) is 39.7 Å². The van der Waals surface area contributed by atoms with Gasteiger partial charge >= 0.3 is 0 Å². The lowest BCUT2D eigenvalue weighted by molar-refractivity contribution is 0.0970. The van der Waals surface area contributed by atoms with E-state index in [1.165, 1.54) is 16.2 Å². The van der Waals surface area contributed by atoms with E-state index in [1.54, 1.807) is 31.4 Å². The zero-order valence-electron chi connectivity index (χ0n) is 16.6. The van der Waals surface area contributed by atoms with Crippen molar-refractivity contribution in [2.24, 2.45) is 0 Å². The Morgan fingerprint density at radius 2 is 2.00 bits per heavy atom. The number of amides is 1. The third-order valence-corrected chi connectivity index (χ3v) is 6.53. The van der Waals surface area contributed by atoms with Gasteiger partial charge in [-0.1, -0.05) is 48.1 Å². The molecule has 156 valence electrons. The first kappa shape index (κ1) is 19.7. The van der Waals surface area contributed by atoms with Crippen LogP contribution < -0.4 is 15.1 Å². The maximum atomic E-state index is 13.6. The second-order valence-electron chi connectivity index (χ2n) is 6.97. The van der Waals surface area contributed by atoms with E-state index in [0.29, 0.717) is 38.9 Å². The van der Waals surface area contributed by atoms with E-state index in [4.69, 9.17) is 20.8 Å². The van der Waals surface area contributed by atoms with Gasteiger partial charge in [-0.15, -0.1) is 10.2 Å². The van der Waals surface area contributed by atoms with E-state index >= 15 is 0 Å². The summed E-state index contributed by atoms with van der Waals surface area (Å²) in [5, 5.41) is 10.3. The standard InChI is InChI=1S/C22H16ClN3O4S/c1-3-16-24-25-22(31-16)26-18(12-6-4-5-7-14(12)29-2)17-19(27)13-10-11(23)8-9-15(13)30-20(17)21(26)28/h4-10,18H,3H2,1-2H3/t18-/m1/s1. The Bertz CT molecular complexity index is 1400. The molecule has 2 aromatic carbocycles. The number of ether oxygens (including phenoxy) is 1. The highest BCUT2D eigenvalue weighted by atomic mass is 35.5. The third kappa shape index (κ3) is 3.02. The number of para-hydroxylation sites is 1. The predicted octanol–water partition coefficient (Wildman–Crippen LogP) is 4.62. The van der Waals surface area contributed by atoms with Crippen LogP contribution in [0.4, 0.5) is 5.13 Å². The molecule has 1 aliphatic heterocycles. The van der Waals surface area contributed by atoms with Crippen LogP contribution in [0.5, 0.6) is 5.75 Å². The number of aromatic nitrogens is 2. The fourth-order valence-corrected chi connectivity index (χ4v) is 4.79. The molecular weight excluding hydrogens is 438 g/mol. The number of halogens is 1. The largest absolute Gasteiger partial charge is 0.496 e. The predicted molar refractivity (Wildman–Crippen MR) is 118 cm³/mol. The van der Waals surface area contributed by atoms with Gasteiger partial charge in [0, 0.05) is 10.6 Å². The van der Waals surface area contributed by atoms with Gasteiger partial charge in [0.05, 0.1) is 18.1 Å². The van der Waals surface area contributed by atoms with Crippen LogP contribution in [-0.2, 0) is 6.42 Å². The number of benzene rings is 2. The Balaban J connectivity index is 1.83. The molecule has 7 nitrogen and oxygen atoms in total. The zero-order valence-corrected chi connectivity index (χ0v) is 18.2. The number of fused-ring (bicyclic) bond motifs is 2. The Hall–Kier alpha value is -3.23. The number of carbonyl (C=O) groups is 1. The molecule has 0 saturated carbocycles. The summed E-state index contributed by atoms with van der Waals surface area (Å²) < 4.78 is 11.5. The summed E-state index contributed by atoms with van der Waals surface area (Å²) in [6.07, 6.45) is 0.686. The van der Waals surface area contributed by atoms with Gasteiger partial charge in [-0.05, 0) is 30.7 Å². The van der Waals surface area contributed by atoms with Gasteiger partial charge in [-0.25, -0.2) is 0 Å². The van der Waals surface area contributed by atoms with Crippen molar-refractivity contribution in [1.82, 2.24) is 10.2 Å². The van der Waals surface area contributed by atoms with E-state index in [9.17, 15) is 9.59 Å². The van der Waals surface area contributed by atoms with Crippen LogP contribution in [0.3, 0.4) is 0 Å². The maximum absolute atomic E-state index is 13.6. The number of methoxy groups -OCH3 is 1. The molecule has 1 atom stereocenters. The quantitative estimate of drug-likeness (QED) is 0.448. The average Bonchev–Trinajstić information content (AvgIpc) is 3.37. The minimum Gasteiger partial charge on any atom is -0.496 e. The van der Waals surface area contributed by atoms with Crippen molar-refractivity contribution in [3.8, 4) is 5.75 Å². The highest BCUT2D eigenvalue weighted by Crippen LogP contribution is 2.44. The van der Waals surface area contributed by atoms with Gasteiger partial charge in [-0.3, -0.25) is 14.5 Å². The van der Waals surface area contributed by atoms with Crippen LogP contribution in [0, 0.1) is 0 Å². The Kier molecular flexibility index (Phi) is 4.75. The molecule has 1 amide bonds. The van der Waals surface area contributed by atoms with Gasteiger partial charge in [0.1, 0.15) is 22.4 Å². The van der Waals surface area contributed by atoms with Crippen molar-refractivity contribution < 1.29 is 13.9 Å². The minimum absolute atomic E-state index is 0.0102. The van der Waals surface area contributed by atoms with E-state index in [2.05, 4.69) is 10.2 Å². The lowest BCUT2D eigenvalue weighted by atomic mass is 9.98. The minimum atomic E-state index is -0.768. The molecule has 0 unspecified atom stereocenters. The fourth-order valence-electron chi connectivity index (χ4n) is 3.81. The normalized spacial score (nSPS) is 15.5. The van der Waals surface area contributed by atoms with Crippen molar-refractivity contribution in [2.45, 2.75) is 19.4 Å². The SMILES string of the molecule is CCc1nnc(N2C(=O)c3oc4ccc(Cl)cc4c(=O)c3[C@H]2c2ccccc2OC)s1. The first-order chi connectivity index (χ1) is 15.0. The van der Waals surface area contributed by atoms with Crippen LogP contribution in [-0.4, -0.2) is 23.2 Å². The summed E-state index contributed by atoms with van der Waals surface area (Å²) in [7, 11) is 1.55.